The Balaban J connectivity index is 2.08. The van der Waals surface area contributed by atoms with Gasteiger partial charge in [-0.1, -0.05) is 35.4 Å². The van der Waals surface area contributed by atoms with Gasteiger partial charge in [-0.15, -0.1) is 5.10 Å². The van der Waals surface area contributed by atoms with E-state index in [-0.39, 0.29) is 0 Å². The number of fused-ring (bicyclic) bond motifs is 1. The summed E-state index contributed by atoms with van der Waals surface area (Å²) < 4.78 is 5.81. The summed E-state index contributed by atoms with van der Waals surface area (Å²) in [5.74, 6) is 1.26. The zero-order valence-electron chi connectivity index (χ0n) is 9.87. The van der Waals surface area contributed by atoms with E-state index in [0.717, 1.165) is 22.2 Å². The van der Waals surface area contributed by atoms with Crippen LogP contribution in [-0.2, 0) is 0 Å². The number of aryl methyl sites for hydroxylation is 1. The molecule has 4 heteroatoms. The zero-order valence-corrected chi connectivity index (χ0v) is 9.87. The van der Waals surface area contributed by atoms with Gasteiger partial charge in [-0.05, 0) is 35.9 Å². The van der Waals surface area contributed by atoms with Crippen LogP contribution in [0.2, 0.25) is 0 Å². The van der Waals surface area contributed by atoms with E-state index in [9.17, 15) is 0 Å². The van der Waals surface area contributed by atoms with Gasteiger partial charge in [0.15, 0.2) is 0 Å². The molecule has 1 aromatic heterocycles. The van der Waals surface area contributed by atoms with Crippen molar-refractivity contribution >= 4 is 10.9 Å². The molecule has 0 spiro atoms. The van der Waals surface area contributed by atoms with Gasteiger partial charge in [-0.2, -0.15) is 0 Å². The van der Waals surface area contributed by atoms with Crippen LogP contribution in [-0.4, -0.2) is 15.4 Å². The molecule has 0 atom stereocenters. The minimum atomic E-state index is 0.481. The van der Waals surface area contributed by atoms with Crippen molar-refractivity contribution in [2.75, 3.05) is 0 Å². The van der Waals surface area contributed by atoms with Crippen LogP contribution in [0.15, 0.2) is 48.5 Å². The molecular formula is C14H11N3O. The summed E-state index contributed by atoms with van der Waals surface area (Å²) in [4.78, 5) is 0. The predicted molar refractivity (Wildman–Crippen MR) is 68.6 cm³/mol. The molecule has 0 aliphatic carbocycles. The Labute approximate surface area is 104 Å². The first-order valence-corrected chi connectivity index (χ1v) is 5.66. The monoisotopic (exact) mass is 237 g/mol. The van der Waals surface area contributed by atoms with Gasteiger partial charge < -0.3 is 4.74 Å². The highest BCUT2D eigenvalue weighted by molar-refractivity contribution is 5.82. The fourth-order valence-corrected chi connectivity index (χ4v) is 1.76. The number of benzene rings is 2. The lowest BCUT2D eigenvalue weighted by atomic mass is 10.2. The maximum Gasteiger partial charge on any atom is 0.250 e. The van der Waals surface area contributed by atoms with Gasteiger partial charge in [-0.3, -0.25) is 0 Å². The number of nitrogens with zero attached hydrogens (tertiary/aromatic N) is 3. The minimum Gasteiger partial charge on any atom is -0.437 e. The molecule has 0 radical (unpaired) electrons. The molecule has 4 nitrogen and oxygen atoms in total. The third kappa shape index (κ3) is 1.88. The molecule has 0 fully saturated rings. The van der Waals surface area contributed by atoms with Gasteiger partial charge in [0.05, 0.1) is 5.39 Å². The summed E-state index contributed by atoms with van der Waals surface area (Å²) in [6.45, 7) is 1.99. The Bertz CT molecular complexity index is 692. The van der Waals surface area contributed by atoms with Gasteiger partial charge in [0.2, 0.25) is 5.88 Å². The van der Waals surface area contributed by atoms with E-state index >= 15 is 0 Å². The summed E-state index contributed by atoms with van der Waals surface area (Å²) in [6, 6.07) is 15.4. The third-order valence-corrected chi connectivity index (χ3v) is 2.72. The molecule has 3 aromatic rings. The number of aromatic nitrogens is 3. The van der Waals surface area contributed by atoms with Crippen molar-refractivity contribution in [1.29, 1.82) is 0 Å². The van der Waals surface area contributed by atoms with Gasteiger partial charge in [0.25, 0.3) is 0 Å². The first kappa shape index (κ1) is 10.7. The molecule has 0 aliphatic heterocycles. The molecule has 18 heavy (non-hydrogen) atoms. The van der Waals surface area contributed by atoms with E-state index in [0.29, 0.717) is 5.88 Å². The lowest BCUT2D eigenvalue weighted by molar-refractivity contribution is 0.455. The summed E-state index contributed by atoms with van der Waals surface area (Å²) in [5.41, 5.74) is 1.83. The molecule has 0 unspecified atom stereocenters. The van der Waals surface area contributed by atoms with Crippen LogP contribution in [0.1, 0.15) is 5.56 Å². The quantitative estimate of drug-likeness (QED) is 0.687. The van der Waals surface area contributed by atoms with Crippen molar-refractivity contribution in [3.05, 3.63) is 54.1 Å². The summed E-state index contributed by atoms with van der Waals surface area (Å²) >= 11 is 0. The highest BCUT2D eigenvalue weighted by Gasteiger charge is 2.07. The number of hydrogen-bond donors (Lipinski definition) is 0. The average Bonchev–Trinajstić information content (AvgIpc) is 2.42. The molecule has 1 heterocycles. The van der Waals surface area contributed by atoms with Gasteiger partial charge >= 0.3 is 0 Å². The van der Waals surface area contributed by atoms with E-state index in [2.05, 4.69) is 15.4 Å². The van der Waals surface area contributed by atoms with E-state index in [4.69, 9.17) is 4.74 Å². The maximum absolute atomic E-state index is 5.81. The van der Waals surface area contributed by atoms with Gasteiger partial charge in [-0.25, -0.2) is 0 Å². The minimum absolute atomic E-state index is 0.481. The summed E-state index contributed by atoms with van der Waals surface area (Å²) in [5, 5.41) is 12.5. The molecule has 0 saturated carbocycles. The van der Waals surface area contributed by atoms with E-state index in [1.807, 2.05) is 55.5 Å². The van der Waals surface area contributed by atoms with Crippen LogP contribution in [0.3, 0.4) is 0 Å². The van der Waals surface area contributed by atoms with Crippen molar-refractivity contribution in [2.24, 2.45) is 0 Å². The molecule has 0 saturated heterocycles. The fourth-order valence-electron chi connectivity index (χ4n) is 1.76. The van der Waals surface area contributed by atoms with Crippen molar-refractivity contribution in [1.82, 2.24) is 15.4 Å². The standard InChI is InChI=1S/C14H11N3O/c1-10-6-2-5-9-13(10)18-14-11-7-3-4-8-12(11)15-17-16-14/h2-9H,1H3. The number of para-hydroxylation sites is 1. The zero-order chi connectivity index (χ0) is 12.4. The Kier molecular flexibility index (Phi) is 2.61. The number of hydrogen-bond acceptors (Lipinski definition) is 4. The first-order valence-electron chi connectivity index (χ1n) is 5.66. The topological polar surface area (TPSA) is 47.9 Å². The Morgan fingerprint density at radius 1 is 0.889 bits per heavy atom. The average molecular weight is 237 g/mol. The van der Waals surface area contributed by atoms with E-state index < -0.39 is 0 Å². The first-order chi connectivity index (χ1) is 8.84. The second-order valence-corrected chi connectivity index (χ2v) is 3.98. The van der Waals surface area contributed by atoms with Crippen LogP contribution in [0, 0.1) is 6.92 Å². The SMILES string of the molecule is Cc1ccccc1Oc1nnnc2ccccc12. The highest BCUT2D eigenvalue weighted by atomic mass is 16.5. The van der Waals surface area contributed by atoms with Crippen LogP contribution < -0.4 is 4.74 Å². The van der Waals surface area contributed by atoms with Crippen LogP contribution in [0.25, 0.3) is 10.9 Å². The lowest BCUT2D eigenvalue weighted by Gasteiger charge is -2.08. The smallest absolute Gasteiger partial charge is 0.250 e. The predicted octanol–water partition coefficient (Wildman–Crippen LogP) is 3.13. The van der Waals surface area contributed by atoms with Crippen LogP contribution in [0.4, 0.5) is 0 Å². The molecule has 3 rings (SSSR count). The molecular weight excluding hydrogens is 226 g/mol. The summed E-state index contributed by atoms with van der Waals surface area (Å²) in [6.07, 6.45) is 0. The van der Waals surface area contributed by atoms with Crippen molar-refractivity contribution in [3.8, 4) is 11.6 Å². The molecule has 0 N–H and O–H groups in total. The molecule has 88 valence electrons. The van der Waals surface area contributed by atoms with Crippen LogP contribution >= 0.6 is 0 Å². The third-order valence-electron chi connectivity index (χ3n) is 2.72. The normalized spacial score (nSPS) is 10.5. The number of rotatable bonds is 2. The highest BCUT2D eigenvalue weighted by Crippen LogP contribution is 2.27. The van der Waals surface area contributed by atoms with Crippen LogP contribution in [0.5, 0.6) is 11.6 Å². The fraction of sp³-hybridized carbons (Fsp3) is 0.0714. The van der Waals surface area contributed by atoms with E-state index in [1.165, 1.54) is 0 Å². The molecule has 2 aromatic carbocycles. The van der Waals surface area contributed by atoms with Gasteiger partial charge in [0, 0.05) is 0 Å². The largest absolute Gasteiger partial charge is 0.437 e. The van der Waals surface area contributed by atoms with Crippen molar-refractivity contribution in [2.45, 2.75) is 6.92 Å². The molecule has 0 bridgehead atoms. The summed E-state index contributed by atoms with van der Waals surface area (Å²) in [7, 11) is 0. The lowest BCUT2D eigenvalue weighted by Crippen LogP contribution is -1.95. The Hall–Kier alpha value is -2.49. The second-order valence-electron chi connectivity index (χ2n) is 3.98. The Morgan fingerprint density at radius 2 is 1.67 bits per heavy atom. The molecule has 0 aliphatic rings. The Morgan fingerprint density at radius 3 is 2.56 bits per heavy atom. The second kappa shape index (κ2) is 4.41. The number of ether oxygens (including phenoxy) is 1. The maximum atomic E-state index is 5.81. The molecule has 0 amide bonds. The van der Waals surface area contributed by atoms with E-state index in [1.54, 1.807) is 0 Å². The van der Waals surface area contributed by atoms with Crippen molar-refractivity contribution < 1.29 is 4.74 Å². The van der Waals surface area contributed by atoms with Crippen molar-refractivity contribution in [3.63, 3.8) is 0 Å². The van der Waals surface area contributed by atoms with Gasteiger partial charge in [0.1, 0.15) is 11.3 Å².